The van der Waals surface area contributed by atoms with Gasteiger partial charge in [0.05, 0.1) is 17.0 Å². The molecule has 0 aliphatic rings. The molecule has 1 amide bonds. The summed E-state index contributed by atoms with van der Waals surface area (Å²) in [6.45, 7) is 14.0. The maximum Gasteiger partial charge on any atom is 0.407 e. The number of hydrogen-bond acceptors (Lipinski definition) is 5. The predicted molar refractivity (Wildman–Crippen MR) is 117 cm³/mol. The highest BCUT2D eigenvalue weighted by atomic mass is 127. The van der Waals surface area contributed by atoms with Crippen LogP contribution in [0.2, 0.25) is 0 Å². The lowest BCUT2D eigenvalue weighted by Gasteiger charge is -2.20. The van der Waals surface area contributed by atoms with Gasteiger partial charge in [-0.1, -0.05) is 0 Å². The van der Waals surface area contributed by atoms with Gasteiger partial charge in [-0.05, 0) is 48.5 Å². The van der Waals surface area contributed by atoms with E-state index in [1.54, 1.807) is 41.5 Å². The van der Waals surface area contributed by atoms with Crippen LogP contribution in [-0.2, 0) is 14.6 Å². The average Bonchev–Trinajstić information content (AvgIpc) is 2.40. The number of guanidine groups is 1. The van der Waals surface area contributed by atoms with Crippen molar-refractivity contribution >= 4 is 45.9 Å². The molecule has 0 unspecified atom stereocenters. The number of alkyl carbamates (subject to hydrolysis) is 1. The number of halogens is 1. The lowest BCUT2D eigenvalue weighted by Crippen LogP contribution is -2.42. The Hall–Kier alpha value is -0.780. The summed E-state index contributed by atoms with van der Waals surface area (Å²) in [4.78, 5) is 15.8. The van der Waals surface area contributed by atoms with Crippen molar-refractivity contribution in [3.63, 3.8) is 0 Å². The Kier molecular flexibility index (Phi) is 12.5. The maximum atomic E-state index is 12.1. The number of aliphatic imine (C=N–C) groups is 1. The molecule has 0 aromatic heterocycles. The molecule has 0 fully saturated rings. The Morgan fingerprint density at radius 3 is 2.00 bits per heavy atom. The summed E-state index contributed by atoms with van der Waals surface area (Å²) in [5, 5.41) is 8.71. The summed E-state index contributed by atoms with van der Waals surface area (Å²) < 4.78 is 28.5. The zero-order chi connectivity index (χ0) is 19.7. The summed E-state index contributed by atoms with van der Waals surface area (Å²) in [5.74, 6) is 0.501. The van der Waals surface area contributed by atoms with Crippen molar-refractivity contribution < 1.29 is 17.9 Å². The number of hydrogen-bond donors (Lipinski definition) is 3. The van der Waals surface area contributed by atoms with E-state index < -0.39 is 26.3 Å². The SMILES string of the molecule is CCNC(=NCCS(=O)(=O)C(C)(C)C)NCCNC(=O)OC(C)(C)C.I. The molecule has 0 radical (unpaired) electrons. The fourth-order valence-electron chi connectivity index (χ4n) is 1.59. The molecule has 0 heterocycles. The fraction of sp³-hybridized carbons (Fsp3) is 0.875. The predicted octanol–water partition coefficient (Wildman–Crippen LogP) is 1.90. The summed E-state index contributed by atoms with van der Waals surface area (Å²) in [6, 6.07) is 0. The number of rotatable bonds is 7. The summed E-state index contributed by atoms with van der Waals surface area (Å²) in [6.07, 6.45) is -0.479. The third-order valence-electron chi connectivity index (χ3n) is 2.99. The lowest BCUT2D eigenvalue weighted by molar-refractivity contribution is 0.0529. The minimum absolute atomic E-state index is 0. The largest absolute Gasteiger partial charge is 0.444 e. The van der Waals surface area contributed by atoms with Crippen LogP contribution in [0.25, 0.3) is 0 Å². The number of amides is 1. The molecule has 0 atom stereocenters. The van der Waals surface area contributed by atoms with Gasteiger partial charge in [0.2, 0.25) is 0 Å². The second-order valence-electron chi connectivity index (χ2n) is 7.55. The first-order valence-corrected chi connectivity index (χ1v) is 10.1. The van der Waals surface area contributed by atoms with Crippen molar-refractivity contribution in [3.8, 4) is 0 Å². The van der Waals surface area contributed by atoms with E-state index in [1.807, 2.05) is 6.92 Å². The Balaban J connectivity index is 0. The van der Waals surface area contributed by atoms with Crippen molar-refractivity contribution in [2.75, 3.05) is 31.9 Å². The van der Waals surface area contributed by atoms with E-state index in [0.717, 1.165) is 0 Å². The molecular formula is C16H35IN4O4S. The Labute approximate surface area is 175 Å². The molecule has 0 rings (SSSR count). The summed E-state index contributed by atoms with van der Waals surface area (Å²) in [5.41, 5.74) is -0.535. The van der Waals surface area contributed by atoms with Crippen LogP contribution in [0.4, 0.5) is 4.79 Å². The van der Waals surface area contributed by atoms with E-state index in [-0.39, 0.29) is 36.3 Å². The summed E-state index contributed by atoms with van der Waals surface area (Å²) >= 11 is 0. The van der Waals surface area contributed by atoms with Gasteiger partial charge >= 0.3 is 6.09 Å². The third kappa shape index (κ3) is 12.6. The van der Waals surface area contributed by atoms with Gasteiger partial charge in [-0.25, -0.2) is 13.2 Å². The van der Waals surface area contributed by atoms with Gasteiger partial charge in [0.25, 0.3) is 0 Å². The first kappa shape index (κ1) is 27.4. The van der Waals surface area contributed by atoms with E-state index in [2.05, 4.69) is 20.9 Å². The molecule has 0 saturated heterocycles. The van der Waals surface area contributed by atoms with Crippen LogP contribution >= 0.6 is 24.0 Å². The van der Waals surface area contributed by atoms with Crippen LogP contribution in [0.15, 0.2) is 4.99 Å². The first-order chi connectivity index (χ1) is 11.3. The van der Waals surface area contributed by atoms with Gasteiger partial charge in [-0.15, -0.1) is 24.0 Å². The van der Waals surface area contributed by atoms with Crippen molar-refractivity contribution in [3.05, 3.63) is 0 Å². The van der Waals surface area contributed by atoms with Crippen molar-refractivity contribution in [1.29, 1.82) is 0 Å². The average molecular weight is 506 g/mol. The van der Waals surface area contributed by atoms with Crippen LogP contribution in [0.3, 0.4) is 0 Å². The highest BCUT2D eigenvalue weighted by Crippen LogP contribution is 2.15. The molecule has 0 saturated carbocycles. The van der Waals surface area contributed by atoms with E-state index in [1.165, 1.54) is 0 Å². The Morgan fingerprint density at radius 1 is 1.00 bits per heavy atom. The van der Waals surface area contributed by atoms with Crippen LogP contribution in [0.1, 0.15) is 48.5 Å². The van der Waals surface area contributed by atoms with Crippen molar-refractivity contribution in [2.45, 2.75) is 58.8 Å². The molecular weight excluding hydrogens is 471 g/mol. The molecule has 0 aliphatic heterocycles. The van der Waals surface area contributed by atoms with Crippen LogP contribution in [0.5, 0.6) is 0 Å². The summed E-state index contributed by atoms with van der Waals surface area (Å²) in [7, 11) is -3.20. The Bertz CT molecular complexity index is 552. The highest BCUT2D eigenvalue weighted by Gasteiger charge is 2.28. The zero-order valence-electron chi connectivity index (χ0n) is 16.9. The molecule has 3 N–H and O–H groups in total. The molecule has 0 aromatic carbocycles. The van der Waals surface area contributed by atoms with Crippen LogP contribution in [-0.4, -0.2) is 62.8 Å². The van der Waals surface area contributed by atoms with E-state index >= 15 is 0 Å². The number of carbonyl (C=O) groups is 1. The lowest BCUT2D eigenvalue weighted by atomic mass is 10.2. The molecule has 0 aliphatic carbocycles. The van der Waals surface area contributed by atoms with E-state index in [0.29, 0.717) is 25.6 Å². The van der Waals surface area contributed by atoms with Crippen LogP contribution in [0, 0.1) is 0 Å². The fourth-order valence-corrected chi connectivity index (χ4v) is 2.53. The van der Waals surface area contributed by atoms with Gasteiger partial charge in [0, 0.05) is 19.6 Å². The molecule has 0 aromatic rings. The highest BCUT2D eigenvalue weighted by molar-refractivity contribution is 14.0. The minimum Gasteiger partial charge on any atom is -0.444 e. The number of carbonyl (C=O) groups excluding carboxylic acids is 1. The van der Waals surface area contributed by atoms with Gasteiger partial charge in [-0.2, -0.15) is 0 Å². The van der Waals surface area contributed by atoms with Crippen LogP contribution < -0.4 is 16.0 Å². The standard InChI is InChI=1S/C16H34N4O4S.HI/c1-8-17-13(19-11-12-25(22,23)16(5,6)7)18-9-10-20-14(21)24-15(2,3)4;/h8-12H2,1-7H3,(H,20,21)(H2,17,18,19);1H. The van der Waals surface area contributed by atoms with Gasteiger partial charge in [0.1, 0.15) is 5.60 Å². The number of nitrogens with one attached hydrogen (secondary N) is 3. The monoisotopic (exact) mass is 506 g/mol. The molecule has 26 heavy (non-hydrogen) atoms. The van der Waals surface area contributed by atoms with Gasteiger partial charge in [-0.3, -0.25) is 4.99 Å². The number of ether oxygens (including phenoxy) is 1. The third-order valence-corrected chi connectivity index (χ3v) is 5.58. The van der Waals surface area contributed by atoms with Gasteiger partial charge < -0.3 is 20.7 Å². The second-order valence-corrected chi connectivity index (χ2v) is 10.4. The quantitative estimate of drug-likeness (QED) is 0.211. The molecule has 10 heteroatoms. The topological polar surface area (TPSA) is 109 Å². The van der Waals surface area contributed by atoms with E-state index in [4.69, 9.17) is 4.74 Å². The maximum absolute atomic E-state index is 12.1. The molecule has 0 bridgehead atoms. The number of nitrogens with zero attached hydrogens (tertiary/aromatic N) is 1. The van der Waals surface area contributed by atoms with Crippen molar-refractivity contribution in [1.82, 2.24) is 16.0 Å². The van der Waals surface area contributed by atoms with Gasteiger partial charge in [0.15, 0.2) is 15.8 Å². The molecule has 8 nitrogen and oxygen atoms in total. The Morgan fingerprint density at radius 2 is 1.54 bits per heavy atom. The minimum atomic E-state index is -3.20. The molecule has 156 valence electrons. The zero-order valence-corrected chi connectivity index (χ0v) is 20.1. The van der Waals surface area contributed by atoms with Crippen molar-refractivity contribution in [2.24, 2.45) is 4.99 Å². The van der Waals surface area contributed by atoms with E-state index in [9.17, 15) is 13.2 Å². The number of sulfone groups is 1. The smallest absolute Gasteiger partial charge is 0.407 e. The normalized spacial score (nSPS) is 12.8. The second kappa shape index (κ2) is 11.8. The molecule has 0 spiro atoms. The first-order valence-electron chi connectivity index (χ1n) is 8.50.